The Hall–Kier alpha value is -3.02. The molecule has 0 bridgehead atoms. The van der Waals surface area contributed by atoms with Crippen molar-refractivity contribution < 1.29 is 29.0 Å². The summed E-state index contributed by atoms with van der Waals surface area (Å²) in [6.07, 6.45) is 1.51. The van der Waals surface area contributed by atoms with Gasteiger partial charge in [-0.05, 0) is 75.7 Å². The number of phenolic OH excluding ortho intramolecular Hbond substituents is 1. The molecule has 3 amide bonds. The van der Waals surface area contributed by atoms with Gasteiger partial charge in [0.05, 0.1) is 29.7 Å². The summed E-state index contributed by atoms with van der Waals surface area (Å²) >= 11 is 3.98. The number of nitrogens with zero attached hydrogens (tertiary/aromatic N) is 2. The second kappa shape index (κ2) is 10.5. The molecule has 2 heterocycles. The Morgan fingerprint density at radius 2 is 1.94 bits per heavy atom. The molecule has 0 atom stereocenters. The van der Waals surface area contributed by atoms with Crippen LogP contribution in [0.4, 0.5) is 16.2 Å². The third-order valence-corrected chi connectivity index (χ3v) is 6.78. The predicted molar refractivity (Wildman–Crippen MR) is 133 cm³/mol. The number of aromatic hydroxyl groups is 1. The number of thioether (sulfide) groups is 1. The molecule has 2 aliphatic heterocycles. The first-order valence-electron chi connectivity index (χ1n) is 10.4. The predicted octanol–water partition coefficient (Wildman–Crippen LogP) is 3.67. The molecule has 2 aliphatic rings. The van der Waals surface area contributed by atoms with Crippen LogP contribution in [0.2, 0.25) is 0 Å². The second-order valence-electron chi connectivity index (χ2n) is 7.52. The standard InChI is InChI=1S/C23H22BrN3O6S/c1-32-18-11-14(10-17(24)21(18)29)12-19-22(30)27(23(31)34-19)13-20(28)25-15-2-4-16(5-3-15)26-6-8-33-9-7-26/h2-5,10-12,29H,6-9,13H2,1H3,(H,25,28)/b19-12+. The number of phenols is 1. The third-order valence-electron chi connectivity index (χ3n) is 5.27. The zero-order valence-corrected chi connectivity index (χ0v) is 20.6. The summed E-state index contributed by atoms with van der Waals surface area (Å²) in [7, 11) is 1.41. The molecule has 0 saturated carbocycles. The number of halogens is 1. The maximum Gasteiger partial charge on any atom is 0.294 e. The minimum atomic E-state index is -0.559. The topological polar surface area (TPSA) is 108 Å². The lowest BCUT2D eigenvalue weighted by Crippen LogP contribution is -2.36. The Balaban J connectivity index is 1.40. The molecular formula is C23H22BrN3O6S. The van der Waals surface area contributed by atoms with Crippen LogP contribution in [0.3, 0.4) is 0 Å². The molecule has 34 heavy (non-hydrogen) atoms. The molecule has 2 saturated heterocycles. The van der Waals surface area contributed by atoms with Gasteiger partial charge in [0, 0.05) is 24.5 Å². The molecule has 0 aliphatic carbocycles. The molecule has 2 aromatic rings. The molecule has 0 spiro atoms. The molecule has 2 N–H and O–H groups in total. The fourth-order valence-corrected chi connectivity index (χ4v) is 4.84. The van der Waals surface area contributed by atoms with Crippen molar-refractivity contribution >= 4 is 62.2 Å². The SMILES string of the molecule is COc1cc(/C=C2/SC(=O)N(CC(=O)Nc3ccc(N4CCOCC4)cc3)C2=O)cc(Br)c1O. The number of hydrogen-bond acceptors (Lipinski definition) is 8. The zero-order valence-electron chi connectivity index (χ0n) is 18.2. The van der Waals surface area contributed by atoms with E-state index in [-0.39, 0.29) is 16.4 Å². The van der Waals surface area contributed by atoms with Crippen molar-refractivity contribution in [1.29, 1.82) is 0 Å². The van der Waals surface area contributed by atoms with Crippen molar-refractivity contribution in [2.75, 3.05) is 50.2 Å². The zero-order chi connectivity index (χ0) is 24.2. The van der Waals surface area contributed by atoms with Gasteiger partial charge in [0.2, 0.25) is 5.91 Å². The summed E-state index contributed by atoms with van der Waals surface area (Å²) < 4.78 is 10.9. The van der Waals surface area contributed by atoms with E-state index < -0.39 is 23.6 Å². The highest BCUT2D eigenvalue weighted by Crippen LogP contribution is 2.38. The quantitative estimate of drug-likeness (QED) is 0.527. The molecule has 0 unspecified atom stereocenters. The van der Waals surface area contributed by atoms with E-state index in [1.165, 1.54) is 13.2 Å². The van der Waals surface area contributed by atoms with Crippen LogP contribution in [0.1, 0.15) is 5.56 Å². The summed E-state index contributed by atoms with van der Waals surface area (Å²) in [5, 5.41) is 12.1. The number of imide groups is 1. The Bertz CT molecular complexity index is 1150. The van der Waals surface area contributed by atoms with Crippen molar-refractivity contribution in [3.8, 4) is 11.5 Å². The minimum Gasteiger partial charge on any atom is -0.503 e. The lowest BCUT2D eigenvalue weighted by Gasteiger charge is -2.28. The van der Waals surface area contributed by atoms with Crippen LogP contribution in [0, 0.1) is 0 Å². The fourth-order valence-electron chi connectivity index (χ4n) is 3.54. The molecule has 11 heteroatoms. The van der Waals surface area contributed by atoms with Crippen LogP contribution in [-0.4, -0.2) is 67.0 Å². The number of hydrogen-bond donors (Lipinski definition) is 2. The second-order valence-corrected chi connectivity index (χ2v) is 9.36. The van der Waals surface area contributed by atoms with Crippen molar-refractivity contribution in [3.05, 3.63) is 51.3 Å². The van der Waals surface area contributed by atoms with Crippen molar-refractivity contribution in [2.45, 2.75) is 0 Å². The number of nitrogens with one attached hydrogen (secondary N) is 1. The first-order valence-corrected chi connectivity index (χ1v) is 12.0. The van der Waals surface area contributed by atoms with Gasteiger partial charge in [0.15, 0.2) is 11.5 Å². The van der Waals surface area contributed by atoms with Gasteiger partial charge in [0.25, 0.3) is 11.1 Å². The highest BCUT2D eigenvalue weighted by atomic mass is 79.9. The van der Waals surface area contributed by atoms with Gasteiger partial charge < -0.3 is 24.8 Å². The number of methoxy groups -OCH3 is 1. The number of benzene rings is 2. The maximum atomic E-state index is 12.8. The van der Waals surface area contributed by atoms with Crippen LogP contribution in [0.5, 0.6) is 11.5 Å². The smallest absolute Gasteiger partial charge is 0.294 e. The Kier molecular flexibility index (Phi) is 7.44. The third kappa shape index (κ3) is 5.37. The van der Waals surface area contributed by atoms with Gasteiger partial charge in [-0.3, -0.25) is 19.3 Å². The number of ether oxygens (including phenoxy) is 2. The highest BCUT2D eigenvalue weighted by molar-refractivity contribution is 9.10. The first kappa shape index (κ1) is 24.1. The summed E-state index contributed by atoms with van der Waals surface area (Å²) in [4.78, 5) is 40.9. The average molecular weight is 548 g/mol. The number of carbonyl (C=O) groups is 3. The van der Waals surface area contributed by atoms with Crippen LogP contribution in [0.25, 0.3) is 6.08 Å². The van der Waals surface area contributed by atoms with Crippen LogP contribution in [-0.2, 0) is 14.3 Å². The van der Waals surface area contributed by atoms with Crippen LogP contribution < -0.4 is 15.0 Å². The van der Waals surface area contributed by atoms with Gasteiger partial charge in [0.1, 0.15) is 6.54 Å². The molecule has 178 valence electrons. The average Bonchev–Trinajstić information content (AvgIpc) is 3.09. The van der Waals surface area contributed by atoms with Gasteiger partial charge in [-0.1, -0.05) is 0 Å². The van der Waals surface area contributed by atoms with Crippen molar-refractivity contribution in [1.82, 2.24) is 4.90 Å². The molecule has 4 rings (SSSR count). The highest BCUT2D eigenvalue weighted by Gasteiger charge is 2.36. The van der Waals surface area contributed by atoms with Gasteiger partial charge in [-0.15, -0.1) is 0 Å². The molecule has 0 aromatic heterocycles. The van der Waals surface area contributed by atoms with E-state index in [0.29, 0.717) is 28.9 Å². The Morgan fingerprint density at radius 1 is 1.24 bits per heavy atom. The Labute approximate surface area is 208 Å². The summed E-state index contributed by atoms with van der Waals surface area (Å²) in [6, 6.07) is 10.5. The van der Waals surface area contributed by atoms with Crippen LogP contribution >= 0.6 is 27.7 Å². The minimum absolute atomic E-state index is 0.0672. The van der Waals surface area contributed by atoms with E-state index in [1.54, 1.807) is 24.3 Å². The first-order chi connectivity index (χ1) is 16.4. The summed E-state index contributed by atoms with van der Waals surface area (Å²) in [5.74, 6) is -0.881. The number of carbonyl (C=O) groups excluding carboxylic acids is 3. The molecule has 2 aromatic carbocycles. The van der Waals surface area contributed by atoms with Crippen molar-refractivity contribution in [2.24, 2.45) is 0 Å². The Morgan fingerprint density at radius 3 is 2.62 bits per heavy atom. The van der Waals surface area contributed by atoms with Gasteiger partial charge in [-0.2, -0.15) is 0 Å². The van der Waals surface area contributed by atoms with E-state index in [0.717, 1.165) is 35.4 Å². The summed E-state index contributed by atoms with van der Waals surface area (Å²) in [5.41, 5.74) is 2.16. The van der Waals surface area contributed by atoms with E-state index in [1.807, 2.05) is 12.1 Å². The largest absolute Gasteiger partial charge is 0.503 e. The van der Waals surface area contributed by atoms with E-state index in [4.69, 9.17) is 9.47 Å². The van der Waals surface area contributed by atoms with E-state index in [9.17, 15) is 19.5 Å². The number of amides is 3. The van der Waals surface area contributed by atoms with Crippen LogP contribution in [0.15, 0.2) is 45.8 Å². The van der Waals surface area contributed by atoms with Gasteiger partial charge >= 0.3 is 0 Å². The summed E-state index contributed by atoms with van der Waals surface area (Å²) in [6.45, 7) is 2.60. The number of rotatable bonds is 6. The number of anilines is 2. The normalized spacial score (nSPS) is 17.4. The van der Waals surface area contributed by atoms with Gasteiger partial charge in [-0.25, -0.2) is 0 Å². The number of morpholine rings is 1. The molecular weight excluding hydrogens is 526 g/mol. The monoisotopic (exact) mass is 547 g/mol. The van der Waals surface area contributed by atoms with Crippen molar-refractivity contribution in [3.63, 3.8) is 0 Å². The van der Waals surface area contributed by atoms with E-state index >= 15 is 0 Å². The van der Waals surface area contributed by atoms with E-state index in [2.05, 4.69) is 26.1 Å². The lowest BCUT2D eigenvalue weighted by molar-refractivity contribution is -0.127. The molecule has 9 nitrogen and oxygen atoms in total. The molecule has 0 radical (unpaired) electrons. The lowest BCUT2D eigenvalue weighted by atomic mass is 10.2. The molecule has 2 fully saturated rings. The fraction of sp³-hybridized carbons (Fsp3) is 0.261. The maximum absolute atomic E-state index is 12.8.